The fraction of sp³-hybridized carbons (Fsp3) is 0.222. The molecule has 4 rings (SSSR count). The van der Waals surface area contributed by atoms with Gasteiger partial charge in [0.15, 0.2) is 11.6 Å². The molecule has 0 fully saturated rings. The van der Waals surface area contributed by atoms with Crippen LogP contribution in [0.5, 0.6) is 11.5 Å². The number of nitrogens with one attached hydrogen (secondary N) is 3. The highest BCUT2D eigenvalue weighted by Crippen LogP contribution is 2.31. The van der Waals surface area contributed by atoms with Crippen LogP contribution in [0.25, 0.3) is 11.0 Å². The number of nitrogens with zero attached hydrogens (tertiary/aromatic N) is 3. The molecule has 0 aliphatic carbocycles. The Kier molecular flexibility index (Phi) is 8.99. The van der Waals surface area contributed by atoms with E-state index in [2.05, 4.69) is 25.3 Å². The van der Waals surface area contributed by atoms with E-state index in [1.807, 2.05) is 6.92 Å². The zero-order chi connectivity index (χ0) is 28.7. The monoisotopic (exact) mass is 566 g/mol. The summed E-state index contributed by atoms with van der Waals surface area (Å²) < 4.78 is 34.5. The smallest absolute Gasteiger partial charge is 0.263 e. The first-order valence-electron chi connectivity index (χ1n) is 12.4. The topological polar surface area (TPSA) is 166 Å². The summed E-state index contributed by atoms with van der Waals surface area (Å²) in [4.78, 5) is 23.1. The Balaban J connectivity index is 1.63. The van der Waals surface area contributed by atoms with Crippen molar-refractivity contribution in [3.8, 4) is 11.5 Å². The summed E-state index contributed by atoms with van der Waals surface area (Å²) in [6.45, 7) is 2.77. The van der Waals surface area contributed by atoms with E-state index in [9.17, 15) is 18.3 Å². The Bertz CT molecular complexity index is 1610. The average molecular weight is 567 g/mol. The van der Waals surface area contributed by atoms with Gasteiger partial charge in [-0.25, -0.2) is 18.4 Å². The van der Waals surface area contributed by atoms with E-state index in [1.165, 1.54) is 37.4 Å². The molecule has 0 saturated carbocycles. The van der Waals surface area contributed by atoms with Gasteiger partial charge in [-0.2, -0.15) is 0 Å². The highest BCUT2D eigenvalue weighted by Gasteiger charge is 2.20. The van der Waals surface area contributed by atoms with Gasteiger partial charge >= 0.3 is 0 Å². The molecular weight excluding hydrogens is 536 g/mol. The van der Waals surface area contributed by atoms with Gasteiger partial charge in [-0.05, 0) is 36.9 Å². The minimum atomic E-state index is -4.17. The van der Waals surface area contributed by atoms with Gasteiger partial charge in [0.05, 0.1) is 36.2 Å². The van der Waals surface area contributed by atoms with Crippen LogP contribution in [-0.2, 0) is 14.8 Å². The molecule has 0 spiro atoms. The van der Waals surface area contributed by atoms with Crippen molar-refractivity contribution >= 4 is 50.0 Å². The first-order chi connectivity index (χ1) is 19.2. The van der Waals surface area contributed by atoms with Crippen LogP contribution < -0.4 is 20.1 Å². The number of carbonyl (C=O) groups is 1. The Labute approximate surface area is 231 Å². The molecule has 12 nitrogen and oxygen atoms in total. The maximum atomic E-state index is 13.4. The third-order valence-corrected chi connectivity index (χ3v) is 7.19. The van der Waals surface area contributed by atoms with Gasteiger partial charge in [-0.15, -0.1) is 0 Å². The SMILES string of the molecule is CCN(CCO)CC(=O)Nc1cccc(S(=O)(=O)Nc2nc3ccccc3nc2Nc2cc(O)cc(OC)c2)c1. The van der Waals surface area contributed by atoms with Crippen LogP contribution in [0.15, 0.2) is 71.6 Å². The molecule has 0 bridgehead atoms. The van der Waals surface area contributed by atoms with Crippen molar-refractivity contribution in [2.45, 2.75) is 11.8 Å². The van der Waals surface area contributed by atoms with Gasteiger partial charge in [0, 0.05) is 36.1 Å². The molecule has 0 atom stereocenters. The first kappa shape index (κ1) is 28.5. The maximum Gasteiger partial charge on any atom is 0.263 e. The molecular formula is C27H30N6O6S. The molecule has 13 heteroatoms. The zero-order valence-corrected chi connectivity index (χ0v) is 22.8. The van der Waals surface area contributed by atoms with E-state index in [0.29, 0.717) is 41.2 Å². The third kappa shape index (κ3) is 7.14. The number of phenolic OH excluding ortho intramolecular Hbond substituents is 1. The van der Waals surface area contributed by atoms with Crippen molar-refractivity contribution in [2.75, 3.05) is 48.7 Å². The molecule has 0 unspecified atom stereocenters. The summed E-state index contributed by atoms with van der Waals surface area (Å²) >= 11 is 0. The number of carbonyl (C=O) groups excluding carboxylic acids is 1. The van der Waals surface area contributed by atoms with Crippen LogP contribution in [0.2, 0.25) is 0 Å². The quantitative estimate of drug-likeness (QED) is 0.172. The van der Waals surface area contributed by atoms with Crippen LogP contribution in [0.3, 0.4) is 0 Å². The zero-order valence-electron chi connectivity index (χ0n) is 22.0. The van der Waals surface area contributed by atoms with Gasteiger partial charge in [-0.3, -0.25) is 14.4 Å². The minimum absolute atomic E-state index is 0.0494. The number of methoxy groups -OCH3 is 1. The predicted octanol–water partition coefficient (Wildman–Crippen LogP) is 3.14. The standard InChI is InChI=1S/C27H30N6O6S/c1-3-33(11-12-34)17-25(36)28-18-7-6-8-22(15-18)40(37,38)32-27-26(30-23-9-4-5-10-24(23)31-27)29-19-13-20(35)16-21(14-19)39-2/h4-10,13-16,34-35H,3,11-12,17H2,1-2H3,(H,28,36)(H,29,30)(H,31,32). The Hall–Kier alpha value is -4.46. The number of aromatic hydroxyl groups is 1. The van der Waals surface area contributed by atoms with Gasteiger partial charge in [0.2, 0.25) is 5.91 Å². The highest BCUT2D eigenvalue weighted by molar-refractivity contribution is 7.92. The average Bonchev–Trinajstić information content (AvgIpc) is 2.92. The van der Waals surface area contributed by atoms with Crippen molar-refractivity contribution in [3.05, 3.63) is 66.7 Å². The molecule has 0 aliphatic rings. The maximum absolute atomic E-state index is 13.4. The number of likely N-dealkylation sites (N-methyl/N-ethyl adjacent to an activating group) is 1. The van der Waals surface area contributed by atoms with Crippen molar-refractivity contribution in [3.63, 3.8) is 0 Å². The molecule has 0 radical (unpaired) electrons. The van der Waals surface area contributed by atoms with Crippen LogP contribution >= 0.6 is 0 Å². The number of aromatic nitrogens is 2. The van der Waals surface area contributed by atoms with Crippen LogP contribution in [-0.4, -0.2) is 72.8 Å². The van der Waals surface area contributed by atoms with Gasteiger partial charge < -0.3 is 25.6 Å². The van der Waals surface area contributed by atoms with Crippen LogP contribution in [0.1, 0.15) is 6.92 Å². The number of anilines is 4. The fourth-order valence-corrected chi connectivity index (χ4v) is 4.94. The molecule has 1 aromatic heterocycles. The second kappa shape index (κ2) is 12.6. The molecule has 210 valence electrons. The third-order valence-electron chi connectivity index (χ3n) is 5.85. The van der Waals surface area contributed by atoms with Crippen molar-refractivity contribution in [2.24, 2.45) is 0 Å². The lowest BCUT2D eigenvalue weighted by Crippen LogP contribution is -2.35. The summed E-state index contributed by atoms with van der Waals surface area (Å²) in [7, 11) is -2.72. The highest BCUT2D eigenvalue weighted by atomic mass is 32.2. The number of fused-ring (bicyclic) bond motifs is 1. The summed E-state index contributed by atoms with van der Waals surface area (Å²) in [5.41, 5.74) is 1.67. The number of phenols is 1. The van der Waals surface area contributed by atoms with E-state index in [4.69, 9.17) is 9.84 Å². The van der Waals surface area contributed by atoms with Crippen LogP contribution in [0, 0.1) is 0 Å². The van der Waals surface area contributed by atoms with E-state index >= 15 is 0 Å². The predicted molar refractivity (Wildman–Crippen MR) is 153 cm³/mol. The van der Waals surface area contributed by atoms with Gasteiger partial charge in [0.1, 0.15) is 11.5 Å². The number of amides is 1. The number of aliphatic hydroxyl groups is 1. The van der Waals surface area contributed by atoms with Gasteiger partial charge in [-0.1, -0.05) is 25.1 Å². The molecule has 40 heavy (non-hydrogen) atoms. The molecule has 1 amide bonds. The molecule has 0 aliphatic heterocycles. The summed E-state index contributed by atoms with van der Waals surface area (Å²) in [5, 5.41) is 24.9. The lowest BCUT2D eigenvalue weighted by atomic mass is 10.2. The number of aliphatic hydroxyl groups excluding tert-OH is 1. The summed E-state index contributed by atoms with van der Waals surface area (Å²) in [6.07, 6.45) is 0. The number of rotatable bonds is 12. The second-order valence-corrected chi connectivity index (χ2v) is 10.4. The Morgan fingerprint density at radius 2 is 1.70 bits per heavy atom. The lowest BCUT2D eigenvalue weighted by Gasteiger charge is -2.18. The molecule has 5 N–H and O–H groups in total. The molecule has 3 aromatic carbocycles. The number of para-hydroxylation sites is 2. The molecule has 1 heterocycles. The van der Waals surface area contributed by atoms with Crippen molar-refractivity contribution in [1.82, 2.24) is 14.9 Å². The first-order valence-corrected chi connectivity index (χ1v) is 13.9. The Morgan fingerprint density at radius 3 is 2.38 bits per heavy atom. The largest absolute Gasteiger partial charge is 0.508 e. The number of hydrogen-bond donors (Lipinski definition) is 5. The number of sulfonamides is 1. The van der Waals surface area contributed by atoms with E-state index in [1.54, 1.807) is 41.3 Å². The fourth-order valence-electron chi connectivity index (χ4n) is 3.89. The minimum Gasteiger partial charge on any atom is -0.508 e. The van der Waals surface area contributed by atoms with Gasteiger partial charge in [0.25, 0.3) is 10.0 Å². The number of ether oxygens (including phenoxy) is 1. The summed E-state index contributed by atoms with van der Waals surface area (Å²) in [5.74, 6) is 0.0119. The van der Waals surface area contributed by atoms with Crippen LogP contribution in [0.4, 0.5) is 23.0 Å². The number of benzene rings is 3. The summed E-state index contributed by atoms with van der Waals surface area (Å²) in [6, 6.07) is 17.3. The second-order valence-electron chi connectivity index (χ2n) is 8.73. The van der Waals surface area contributed by atoms with E-state index in [-0.39, 0.29) is 41.3 Å². The molecule has 4 aromatic rings. The van der Waals surface area contributed by atoms with E-state index < -0.39 is 10.0 Å². The molecule has 0 saturated heterocycles. The van der Waals surface area contributed by atoms with Crippen molar-refractivity contribution in [1.29, 1.82) is 0 Å². The normalized spacial score (nSPS) is 11.4. The van der Waals surface area contributed by atoms with Crippen molar-refractivity contribution < 1.29 is 28.2 Å². The lowest BCUT2D eigenvalue weighted by molar-refractivity contribution is -0.117. The van der Waals surface area contributed by atoms with E-state index in [0.717, 1.165) is 0 Å². The number of hydrogen-bond acceptors (Lipinski definition) is 10. The Morgan fingerprint density at radius 1 is 0.975 bits per heavy atom.